The van der Waals surface area contributed by atoms with Crippen molar-refractivity contribution in [1.82, 2.24) is 30.9 Å². The number of benzene rings is 2. The van der Waals surface area contributed by atoms with Gasteiger partial charge in [-0.05, 0) is 42.8 Å². The largest absolute Gasteiger partial charge is 0.494 e. The molecule has 0 aliphatic carbocycles. The fraction of sp³-hybridized carbons (Fsp3) is 0.190. The van der Waals surface area contributed by atoms with Crippen molar-refractivity contribution in [3.8, 4) is 5.75 Å². The van der Waals surface area contributed by atoms with Crippen molar-refractivity contribution < 1.29 is 9.53 Å². The summed E-state index contributed by atoms with van der Waals surface area (Å²) in [4.78, 5) is 16.9. The highest BCUT2D eigenvalue weighted by molar-refractivity contribution is 5.94. The van der Waals surface area contributed by atoms with Crippen molar-refractivity contribution >= 4 is 16.8 Å². The lowest BCUT2D eigenvalue weighted by molar-refractivity contribution is 0.0950. The lowest BCUT2D eigenvalue weighted by atomic mass is 10.2. The Balaban J connectivity index is 1.26. The summed E-state index contributed by atoms with van der Waals surface area (Å²) in [6.45, 7) is 0.908. The number of pyridine rings is 1. The minimum Gasteiger partial charge on any atom is -0.494 e. The Kier molecular flexibility index (Phi) is 5.70. The Morgan fingerprint density at radius 2 is 1.90 bits per heavy atom. The van der Waals surface area contributed by atoms with Gasteiger partial charge < -0.3 is 10.1 Å². The Labute approximate surface area is 167 Å². The van der Waals surface area contributed by atoms with E-state index in [0.29, 0.717) is 36.7 Å². The summed E-state index contributed by atoms with van der Waals surface area (Å²) in [7, 11) is 0. The second-order valence-electron chi connectivity index (χ2n) is 6.48. The zero-order valence-electron chi connectivity index (χ0n) is 15.7. The minimum atomic E-state index is -0.149. The maximum atomic E-state index is 12.4. The van der Waals surface area contributed by atoms with Crippen molar-refractivity contribution in [1.29, 1.82) is 0 Å². The van der Waals surface area contributed by atoms with Crippen molar-refractivity contribution in [3.05, 3.63) is 77.7 Å². The first-order valence-electron chi connectivity index (χ1n) is 9.36. The molecule has 2 heterocycles. The molecule has 29 heavy (non-hydrogen) atoms. The Morgan fingerprint density at radius 1 is 1.03 bits per heavy atom. The molecule has 0 unspecified atom stereocenters. The minimum absolute atomic E-state index is 0.149. The molecule has 0 aliphatic rings. The molecule has 0 spiro atoms. The van der Waals surface area contributed by atoms with Gasteiger partial charge in [0.25, 0.3) is 5.91 Å². The number of aromatic amines is 1. The van der Waals surface area contributed by atoms with Crippen LogP contribution in [-0.2, 0) is 13.0 Å². The molecule has 0 radical (unpaired) electrons. The van der Waals surface area contributed by atoms with Crippen LogP contribution in [0.2, 0.25) is 0 Å². The molecule has 4 rings (SSSR count). The molecule has 2 aromatic heterocycles. The molecule has 1 amide bonds. The molecule has 4 aromatic rings. The summed E-state index contributed by atoms with van der Waals surface area (Å²) in [6, 6.07) is 18.9. The van der Waals surface area contributed by atoms with Crippen LogP contribution in [0.4, 0.5) is 0 Å². The number of hydrogen-bond donors (Lipinski definition) is 2. The Morgan fingerprint density at radius 3 is 2.72 bits per heavy atom. The second kappa shape index (κ2) is 8.92. The van der Waals surface area contributed by atoms with E-state index >= 15 is 0 Å². The van der Waals surface area contributed by atoms with Gasteiger partial charge in [-0.25, -0.2) is 0 Å². The van der Waals surface area contributed by atoms with Crippen LogP contribution < -0.4 is 10.1 Å². The number of tetrazole rings is 1. The number of fused-ring (bicyclic) bond motifs is 1. The van der Waals surface area contributed by atoms with Gasteiger partial charge in [-0.1, -0.05) is 29.5 Å². The number of para-hydroxylation sites is 1. The summed E-state index contributed by atoms with van der Waals surface area (Å²) in [6.07, 6.45) is 1.47. The van der Waals surface area contributed by atoms with Crippen molar-refractivity contribution in [2.75, 3.05) is 6.61 Å². The number of ether oxygens (including phenoxy) is 1. The quantitative estimate of drug-likeness (QED) is 0.450. The van der Waals surface area contributed by atoms with Crippen LogP contribution >= 0.6 is 0 Å². The average molecular weight is 388 g/mol. The highest BCUT2D eigenvalue weighted by Crippen LogP contribution is 2.14. The molecule has 0 aliphatic heterocycles. The number of H-pyrrole nitrogens is 1. The molecule has 2 N–H and O–H groups in total. The molecule has 0 fully saturated rings. The van der Waals surface area contributed by atoms with E-state index < -0.39 is 0 Å². The van der Waals surface area contributed by atoms with Crippen LogP contribution in [-0.4, -0.2) is 38.1 Å². The van der Waals surface area contributed by atoms with E-state index in [9.17, 15) is 4.79 Å². The molecule has 0 saturated carbocycles. The second-order valence-corrected chi connectivity index (χ2v) is 6.48. The standard InChI is InChI=1S/C21H20N6O2/c28-21(22-14-17-10-7-15-4-1-2-5-19(15)23-17)16-8-11-18(12-9-16)29-13-3-6-20-24-26-27-25-20/h1-2,4-5,7-12H,3,6,13-14H2,(H,22,28)(H,24,25,26,27). The van der Waals surface area contributed by atoms with Gasteiger partial charge in [0.15, 0.2) is 5.82 Å². The summed E-state index contributed by atoms with van der Waals surface area (Å²) in [5.74, 6) is 1.23. The SMILES string of the molecule is O=C(NCc1ccc2ccccc2n1)c1ccc(OCCCc2nn[nH]n2)cc1. The van der Waals surface area contributed by atoms with E-state index in [0.717, 1.165) is 23.0 Å². The maximum Gasteiger partial charge on any atom is 0.251 e. The number of aromatic nitrogens is 5. The number of carbonyl (C=O) groups excluding carboxylic acids is 1. The maximum absolute atomic E-state index is 12.4. The van der Waals surface area contributed by atoms with Gasteiger partial charge in [0.2, 0.25) is 0 Å². The monoisotopic (exact) mass is 388 g/mol. The Bertz CT molecular complexity index is 1080. The third kappa shape index (κ3) is 4.92. The molecular formula is C21H20N6O2. The van der Waals surface area contributed by atoms with Crippen LogP contribution in [0.3, 0.4) is 0 Å². The Hall–Kier alpha value is -3.81. The van der Waals surface area contributed by atoms with Gasteiger partial charge in [0.05, 0.1) is 24.4 Å². The molecular weight excluding hydrogens is 368 g/mol. The zero-order valence-corrected chi connectivity index (χ0v) is 15.7. The van der Waals surface area contributed by atoms with Crippen molar-refractivity contribution in [3.63, 3.8) is 0 Å². The summed E-state index contributed by atoms with van der Waals surface area (Å²) >= 11 is 0. The van der Waals surface area contributed by atoms with Crippen LogP contribution in [0.15, 0.2) is 60.7 Å². The molecule has 0 saturated heterocycles. The van der Waals surface area contributed by atoms with Gasteiger partial charge in [-0.3, -0.25) is 9.78 Å². The van der Waals surface area contributed by atoms with Gasteiger partial charge in [0.1, 0.15) is 5.75 Å². The smallest absolute Gasteiger partial charge is 0.251 e. The summed E-state index contributed by atoms with van der Waals surface area (Å²) in [5.41, 5.74) is 2.31. The number of aryl methyl sites for hydroxylation is 1. The normalized spacial score (nSPS) is 10.8. The van der Waals surface area contributed by atoms with Crippen molar-refractivity contribution in [2.24, 2.45) is 0 Å². The number of amides is 1. The predicted octanol–water partition coefficient (Wildman–Crippen LogP) is 2.69. The van der Waals surface area contributed by atoms with Crippen LogP contribution in [0.5, 0.6) is 5.75 Å². The molecule has 8 nitrogen and oxygen atoms in total. The van der Waals surface area contributed by atoms with E-state index in [1.807, 2.05) is 36.4 Å². The first-order chi connectivity index (χ1) is 14.3. The number of carbonyl (C=O) groups is 1. The molecule has 0 atom stereocenters. The molecule has 8 heteroatoms. The number of nitrogens with zero attached hydrogens (tertiary/aromatic N) is 4. The van der Waals surface area contributed by atoms with E-state index in [2.05, 4.69) is 30.9 Å². The van der Waals surface area contributed by atoms with Crippen LogP contribution in [0.1, 0.15) is 28.3 Å². The fourth-order valence-corrected chi connectivity index (χ4v) is 2.89. The highest BCUT2D eigenvalue weighted by atomic mass is 16.5. The number of nitrogens with one attached hydrogen (secondary N) is 2. The third-order valence-corrected chi connectivity index (χ3v) is 4.41. The molecule has 146 valence electrons. The molecule has 2 aromatic carbocycles. The number of rotatable bonds is 8. The first kappa shape index (κ1) is 18.5. The highest BCUT2D eigenvalue weighted by Gasteiger charge is 2.07. The first-order valence-corrected chi connectivity index (χ1v) is 9.36. The van der Waals surface area contributed by atoms with Gasteiger partial charge in [0, 0.05) is 17.4 Å². The lowest BCUT2D eigenvalue weighted by Gasteiger charge is -2.08. The van der Waals surface area contributed by atoms with Gasteiger partial charge in [-0.15, -0.1) is 10.2 Å². The number of hydrogen-bond acceptors (Lipinski definition) is 6. The van der Waals surface area contributed by atoms with Gasteiger partial charge in [-0.2, -0.15) is 5.21 Å². The summed E-state index contributed by atoms with van der Waals surface area (Å²) in [5, 5.41) is 17.7. The van der Waals surface area contributed by atoms with Crippen LogP contribution in [0.25, 0.3) is 10.9 Å². The fourth-order valence-electron chi connectivity index (χ4n) is 2.89. The van der Waals surface area contributed by atoms with Gasteiger partial charge >= 0.3 is 0 Å². The zero-order chi connectivity index (χ0) is 19.9. The van der Waals surface area contributed by atoms with E-state index in [4.69, 9.17) is 4.74 Å². The van der Waals surface area contributed by atoms with E-state index in [-0.39, 0.29) is 5.91 Å². The third-order valence-electron chi connectivity index (χ3n) is 4.41. The molecule has 0 bridgehead atoms. The van der Waals surface area contributed by atoms with Crippen molar-refractivity contribution in [2.45, 2.75) is 19.4 Å². The van der Waals surface area contributed by atoms with Crippen LogP contribution in [0, 0.1) is 0 Å². The predicted molar refractivity (Wildman–Crippen MR) is 107 cm³/mol. The average Bonchev–Trinajstić information content (AvgIpc) is 3.29. The van der Waals surface area contributed by atoms with E-state index in [1.54, 1.807) is 24.3 Å². The lowest BCUT2D eigenvalue weighted by Crippen LogP contribution is -2.23. The van der Waals surface area contributed by atoms with E-state index in [1.165, 1.54) is 0 Å². The topological polar surface area (TPSA) is 106 Å². The summed E-state index contributed by atoms with van der Waals surface area (Å²) < 4.78 is 5.68.